The number of hydrogen-bond donors (Lipinski definition) is 1. The molecule has 172 valence electrons. The maximum absolute atomic E-state index is 13.4. The number of fused-ring (bicyclic) bond motifs is 1. The Hall–Kier alpha value is -3.74. The van der Waals surface area contributed by atoms with Crippen molar-refractivity contribution >= 4 is 38.6 Å². The van der Waals surface area contributed by atoms with Gasteiger partial charge in [0.1, 0.15) is 22.5 Å². The summed E-state index contributed by atoms with van der Waals surface area (Å²) in [4.78, 5) is 22.3. The fourth-order valence-corrected chi connectivity index (χ4v) is 5.11. The highest BCUT2D eigenvalue weighted by atomic mass is 32.1. The molecular formula is C25H23FN6OS. The molecule has 1 saturated heterocycles. The molecule has 0 radical (unpaired) electrons. The summed E-state index contributed by atoms with van der Waals surface area (Å²) in [6.45, 7) is 3.65. The highest BCUT2D eigenvalue weighted by Gasteiger charge is 2.20. The van der Waals surface area contributed by atoms with Crippen molar-refractivity contribution in [2.24, 2.45) is 7.05 Å². The second-order valence-electron chi connectivity index (χ2n) is 8.25. The molecule has 3 heterocycles. The van der Waals surface area contributed by atoms with Crippen molar-refractivity contribution in [3.8, 4) is 17.3 Å². The van der Waals surface area contributed by atoms with E-state index in [0.717, 1.165) is 42.9 Å². The molecular weight excluding hydrogens is 451 g/mol. The molecule has 2 aromatic heterocycles. The zero-order chi connectivity index (χ0) is 23.8. The predicted molar refractivity (Wildman–Crippen MR) is 135 cm³/mol. The number of anilines is 3. The molecule has 0 saturated carbocycles. The van der Waals surface area contributed by atoms with Gasteiger partial charge < -0.3 is 19.7 Å². The van der Waals surface area contributed by atoms with Gasteiger partial charge in [-0.1, -0.05) is 11.3 Å². The van der Waals surface area contributed by atoms with E-state index in [9.17, 15) is 14.4 Å². The van der Waals surface area contributed by atoms with E-state index in [1.54, 1.807) is 29.9 Å². The minimum Gasteiger partial charge on any atom is -0.369 e. The number of pyridine rings is 1. The van der Waals surface area contributed by atoms with Gasteiger partial charge in [-0.2, -0.15) is 5.26 Å². The van der Waals surface area contributed by atoms with Crippen LogP contribution in [0.3, 0.4) is 0 Å². The summed E-state index contributed by atoms with van der Waals surface area (Å²) >= 11 is 1.27. The Morgan fingerprint density at radius 2 is 1.88 bits per heavy atom. The molecule has 0 bridgehead atoms. The average molecular weight is 475 g/mol. The molecule has 0 atom stereocenters. The first-order chi connectivity index (χ1) is 16.5. The second kappa shape index (κ2) is 8.89. The van der Waals surface area contributed by atoms with Gasteiger partial charge in [0.25, 0.3) is 5.56 Å². The van der Waals surface area contributed by atoms with E-state index in [1.165, 1.54) is 23.5 Å². The van der Waals surface area contributed by atoms with Crippen LogP contribution in [-0.4, -0.2) is 42.8 Å². The monoisotopic (exact) mass is 474 g/mol. The molecule has 34 heavy (non-hydrogen) atoms. The third-order valence-electron chi connectivity index (χ3n) is 6.11. The van der Waals surface area contributed by atoms with Gasteiger partial charge in [0.05, 0.1) is 5.69 Å². The number of rotatable bonds is 4. The molecule has 0 amide bonds. The van der Waals surface area contributed by atoms with Crippen LogP contribution in [0.1, 0.15) is 4.88 Å². The number of nitriles is 1. The van der Waals surface area contributed by atoms with E-state index in [1.807, 2.05) is 24.1 Å². The standard InChI is InChI=1S/C25H23FN6OS/c1-30-15-21(20-13-18(7-8-19(20)24(30)33)32-11-9-28-10-12-32)31(2)25-29-23(22(14-27)34-25)16-3-5-17(26)6-4-16/h3-8,13,15,28H,9-12H2,1-2H3. The number of nitrogens with one attached hydrogen (secondary N) is 1. The number of nitrogens with zero attached hydrogens (tertiary/aromatic N) is 5. The van der Waals surface area contributed by atoms with Crippen molar-refractivity contribution < 1.29 is 4.39 Å². The number of aryl methyl sites for hydroxylation is 1. The average Bonchev–Trinajstić information content (AvgIpc) is 3.31. The van der Waals surface area contributed by atoms with Crippen LogP contribution in [0.15, 0.2) is 53.5 Å². The molecule has 0 spiro atoms. The van der Waals surface area contributed by atoms with E-state index < -0.39 is 0 Å². The van der Waals surface area contributed by atoms with Crippen LogP contribution in [0.25, 0.3) is 22.0 Å². The summed E-state index contributed by atoms with van der Waals surface area (Å²) in [6, 6.07) is 14.1. The Bertz CT molecular complexity index is 1460. The summed E-state index contributed by atoms with van der Waals surface area (Å²) in [5.41, 5.74) is 3.02. The molecule has 7 nitrogen and oxygen atoms in total. The molecule has 1 aliphatic heterocycles. The summed E-state index contributed by atoms with van der Waals surface area (Å²) in [5, 5.41) is 15.1. The molecule has 1 aliphatic rings. The minimum absolute atomic E-state index is 0.0668. The summed E-state index contributed by atoms with van der Waals surface area (Å²) in [5.74, 6) is -0.341. The lowest BCUT2D eigenvalue weighted by molar-refractivity contribution is 0.589. The van der Waals surface area contributed by atoms with Gasteiger partial charge in [0, 0.05) is 68.5 Å². The Morgan fingerprint density at radius 3 is 2.59 bits per heavy atom. The molecule has 1 N–H and O–H groups in total. The topological polar surface area (TPSA) is 77.2 Å². The van der Waals surface area contributed by atoms with Crippen molar-refractivity contribution in [3.63, 3.8) is 0 Å². The van der Waals surface area contributed by atoms with Gasteiger partial charge in [0.15, 0.2) is 5.13 Å². The van der Waals surface area contributed by atoms with Crippen LogP contribution in [0, 0.1) is 17.1 Å². The SMILES string of the molecule is CN(c1nc(-c2ccc(F)cc2)c(C#N)s1)c1cn(C)c(=O)c2ccc(N3CCNCC3)cc12. The number of thiazole rings is 1. The first kappa shape index (κ1) is 22.1. The minimum atomic E-state index is -0.341. The predicted octanol–water partition coefficient (Wildman–Crippen LogP) is 3.85. The Kier molecular flexibility index (Phi) is 5.77. The van der Waals surface area contributed by atoms with Crippen LogP contribution < -0.4 is 20.7 Å². The number of halogens is 1. The highest BCUT2D eigenvalue weighted by Crippen LogP contribution is 2.37. The number of hydrogen-bond acceptors (Lipinski definition) is 7. The maximum atomic E-state index is 13.4. The summed E-state index contributed by atoms with van der Waals surface area (Å²) in [6.07, 6.45) is 1.80. The summed E-state index contributed by atoms with van der Waals surface area (Å²) in [7, 11) is 3.61. The van der Waals surface area contributed by atoms with Crippen molar-refractivity contribution in [2.75, 3.05) is 43.0 Å². The maximum Gasteiger partial charge on any atom is 0.258 e. The van der Waals surface area contributed by atoms with Gasteiger partial charge in [-0.25, -0.2) is 9.37 Å². The second-order valence-corrected chi connectivity index (χ2v) is 9.23. The van der Waals surface area contributed by atoms with Crippen LogP contribution in [0.5, 0.6) is 0 Å². The molecule has 0 unspecified atom stereocenters. The van der Waals surface area contributed by atoms with Gasteiger partial charge >= 0.3 is 0 Å². The lowest BCUT2D eigenvalue weighted by atomic mass is 10.1. The van der Waals surface area contributed by atoms with Gasteiger partial charge in [-0.05, 0) is 42.5 Å². The lowest BCUT2D eigenvalue weighted by Crippen LogP contribution is -2.43. The number of aromatic nitrogens is 2. The van der Waals surface area contributed by atoms with Crippen LogP contribution in [0.2, 0.25) is 0 Å². The third kappa shape index (κ3) is 3.91. The number of piperazine rings is 1. The van der Waals surface area contributed by atoms with E-state index in [0.29, 0.717) is 26.7 Å². The van der Waals surface area contributed by atoms with Crippen molar-refractivity contribution in [3.05, 3.63) is 69.7 Å². The first-order valence-electron chi connectivity index (χ1n) is 11.0. The number of benzene rings is 2. The molecule has 4 aromatic rings. The normalized spacial score (nSPS) is 13.8. The Morgan fingerprint density at radius 1 is 1.15 bits per heavy atom. The van der Waals surface area contributed by atoms with Crippen molar-refractivity contribution in [1.82, 2.24) is 14.9 Å². The molecule has 9 heteroatoms. The smallest absolute Gasteiger partial charge is 0.258 e. The van der Waals surface area contributed by atoms with Gasteiger partial charge in [0.2, 0.25) is 0 Å². The van der Waals surface area contributed by atoms with Crippen LogP contribution >= 0.6 is 11.3 Å². The van der Waals surface area contributed by atoms with Crippen LogP contribution in [0.4, 0.5) is 20.9 Å². The Balaban J connectivity index is 1.62. The molecule has 1 fully saturated rings. The molecule has 0 aliphatic carbocycles. The lowest BCUT2D eigenvalue weighted by Gasteiger charge is -2.30. The van der Waals surface area contributed by atoms with Crippen molar-refractivity contribution in [2.45, 2.75) is 0 Å². The summed E-state index contributed by atoms with van der Waals surface area (Å²) < 4.78 is 15.0. The van der Waals surface area contributed by atoms with Gasteiger partial charge in [-0.3, -0.25) is 4.79 Å². The fraction of sp³-hybridized carbons (Fsp3) is 0.240. The quantitative estimate of drug-likeness (QED) is 0.484. The van der Waals surface area contributed by atoms with Gasteiger partial charge in [-0.15, -0.1) is 0 Å². The zero-order valence-corrected chi connectivity index (χ0v) is 19.7. The van der Waals surface area contributed by atoms with Crippen LogP contribution in [-0.2, 0) is 7.05 Å². The van der Waals surface area contributed by atoms with E-state index in [2.05, 4.69) is 22.4 Å². The zero-order valence-electron chi connectivity index (χ0n) is 18.9. The van der Waals surface area contributed by atoms with E-state index in [4.69, 9.17) is 4.98 Å². The Labute approximate surface area is 200 Å². The fourth-order valence-electron chi connectivity index (χ4n) is 4.25. The first-order valence-corrected chi connectivity index (χ1v) is 11.8. The van der Waals surface area contributed by atoms with E-state index >= 15 is 0 Å². The molecule has 5 rings (SSSR count). The molecule has 2 aromatic carbocycles. The van der Waals surface area contributed by atoms with E-state index in [-0.39, 0.29) is 11.4 Å². The highest BCUT2D eigenvalue weighted by molar-refractivity contribution is 7.16. The third-order valence-corrected chi connectivity index (χ3v) is 7.15. The van der Waals surface area contributed by atoms with Crippen molar-refractivity contribution in [1.29, 1.82) is 5.26 Å². The largest absolute Gasteiger partial charge is 0.369 e.